The van der Waals surface area contributed by atoms with Crippen LogP contribution < -0.4 is 10.1 Å². The van der Waals surface area contributed by atoms with Gasteiger partial charge in [0.05, 0.1) is 11.7 Å². The van der Waals surface area contributed by atoms with Crippen molar-refractivity contribution < 1.29 is 4.74 Å². The fourth-order valence-electron chi connectivity index (χ4n) is 3.52. The van der Waals surface area contributed by atoms with Crippen molar-refractivity contribution in [2.45, 2.75) is 51.8 Å². The zero-order valence-corrected chi connectivity index (χ0v) is 15.2. The molecular formula is C19H26ClN3O. The second-order valence-corrected chi connectivity index (χ2v) is 7.09. The van der Waals surface area contributed by atoms with Gasteiger partial charge in [0.1, 0.15) is 6.61 Å². The lowest BCUT2D eigenvalue weighted by atomic mass is 10.0. The molecule has 2 aromatic rings. The van der Waals surface area contributed by atoms with Crippen LogP contribution in [0.15, 0.2) is 30.3 Å². The molecule has 24 heavy (non-hydrogen) atoms. The summed E-state index contributed by atoms with van der Waals surface area (Å²) in [4.78, 5) is 0. The van der Waals surface area contributed by atoms with Gasteiger partial charge in [0, 0.05) is 17.6 Å². The minimum atomic E-state index is 0.368. The second kappa shape index (κ2) is 8.04. The lowest BCUT2D eigenvalue weighted by Crippen LogP contribution is -2.17. The quantitative estimate of drug-likeness (QED) is 0.796. The average Bonchev–Trinajstić information content (AvgIpc) is 3.23. The Labute approximate surface area is 149 Å². The van der Waals surface area contributed by atoms with Crippen molar-refractivity contribution in [3.8, 4) is 5.88 Å². The Morgan fingerprint density at radius 3 is 2.83 bits per heavy atom. The zero-order valence-electron chi connectivity index (χ0n) is 14.5. The van der Waals surface area contributed by atoms with Crippen LogP contribution in [-0.2, 0) is 13.2 Å². The van der Waals surface area contributed by atoms with Gasteiger partial charge in [0.15, 0.2) is 0 Å². The first-order chi connectivity index (χ1) is 11.7. The SMILES string of the molecule is CNCc1cc(OCc2cccc(Cl)c2)n(C(C)C2CCCC2)n1. The van der Waals surface area contributed by atoms with Crippen LogP contribution in [-0.4, -0.2) is 16.8 Å². The van der Waals surface area contributed by atoms with Crippen molar-refractivity contribution in [2.75, 3.05) is 7.05 Å². The summed E-state index contributed by atoms with van der Waals surface area (Å²) in [5.74, 6) is 1.54. The third-order valence-electron chi connectivity index (χ3n) is 4.85. The van der Waals surface area contributed by atoms with Crippen molar-refractivity contribution >= 4 is 11.6 Å². The van der Waals surface area contributed by atoms with Crippen LogP contribution in [0.5, 0.6) is 5.88 Å². The van der Waals surface area contributed by atoms with E-state index in [0.717, 1.165) is 28.7 Å². The molecule has 0 radical (unpaired) electrons. The van der Waals surface area contributed by atoms with E-state index in [1.54, 1.807) is 0 Å². The second-order valence-electron chi connectivity index (χ2n) is 6.65. The maximum absolute atomic E-state index is 6.10. The van der Waals surface area contributed by atoms with E-state index in [9.17, 15) is 0 Å². The van der Waals surface area contributed by atoms with Gasteiger partial charge >= 0.3 is 0 Å². The summed E-state index contributed by atoms with van der Waals surface area (Å²) in [5.41, 5.74) is 2.09. The lowest BCUT2D eigenvalue weighted by molar-refractivity contribution is 0.238. The van der Waals surface area contributed by atoms with E-state index in [1.165, 1.54) is 25.7 Å². The van der Waals surface area contributed by atoms with E-state index < -0.39 is 0 Å². The van der Waals surface area contributed by atoms with E-state index >= 15 is 0 Å². The van der Waals surface area contributed by atoms with Crippen LogP contribution in [0.2, 0.25) is 5.02 Å². The molecule has 0 aliphatic heterocycles. The van der Waals surface area contributed by atoms with Crippen molar-refractivity contribution in [1.29, 1.82) is 0 Å². The van der Waals surface area contributed by atoms with Gasteiger partial charge in [0.25, 0.3) is 0 Å². The first-order valence-corrected chi connectivity index (χ1v) is 9.15. The number of hydrogen-bond donors (Lipinski definition) is 1. The molecule has 1 heterocycles. The minimum absolute atomic E-state index is 0.368. The summed E-state index contributed by atoms with van der Waals surface area (Å²) in [7, 11) is 1.94. The first-order valence-electron chi connectivity index (χ1n) is 8.77. The number of nitrogens with zero attached hydrogens (tertiary/aromatic N) is 2. The molecule has 1 unspecified atom stereocenters. The summed E-state index contributed by atoms with van der Waals surface area (Å²) < 4.78 is 8.18. The van der Waals surface area contributed by atoms with E-state index in [2.05, 4.69) is 16.9 Å². The number of nitrogens with one attached hydrogen (secondary N) is 1. The Balaban J connectivity index is 1.77. The molecule has 5 heteroatoms. The normalized spacial score (nSPS) is 16.5. The zero-order chi connectivity index (χ0) is 16.9. The summed E-state index contributed by atoms with van der Waals surface area (Å²) in [5, 5.41) is 8.68. The highest BCUT2D eigenvalue weighted by atomic mass is 35.5. The minimum Gasteiger partial charge on any atom is -0.473 e. The smallest absolute Gasteiger partial charge is 0.212 e. The first kappa shape index (κ1) is 17.3. The largest absolute Gasteiger partial charge is 0.473 e. The van der Waals surface area contributed by atoms with Crippen LogP contribution in [0.25, 0.3) is 0 Å². The Hall–Kier alpha value is -1.52. The summed E-state index contributed by atoms with van der Waals surface area (Å²) in [6, 6.07) is 10.2. The molecular weight excluding hydrogens is 322 g/mol. The van der Waals surface area contributed by atoms with Gasteiger partial charge in [-0.25, -0.2) is 4.68 Å². The fraction of sp³-hybridized carbons (Fsp3) is 0.526. The van der Waals surface area contributed by atoms with Gasteiger partial charge in [-0.1, -0.05) is 36.6 Å². The number of benzene rings is 1. The van der Waals surface area contributed by atoms with Gasteiger partial charge in [-0.15, -0.1) is 0 Å². The van der Waals surface area contributed by atoms with E-state index in [4.69, 9.17) is 21.4 Å². The lowest BCUT2D eigenvalue weighted by Gasteiger charge is -2.21. The van der Waals surface area contributed by atoms with Crippen molar-refractivity contribution in [3.63, 3.8) is 0 Å². The van der Waals surface area contributed by atoms with Crippen LogP contribution in [0, 0.1) is 5.92 Å². The molecule has 1 aromatic heterocycles. The molecule has 4 nitrogen and oxygen atoms in total. The van der Waals surface area contributed by atoms with E-state index in [0.29, 0.717) is 18.6 Å². The summed E-state index contributed by atoms with van der Waals surface area (Å²) in [6.45, 7) is 3.51. The molecule has 0 amide bonds. The van der Waals surface area contributed by atoms with Gasteiger partial charge in [0.2, 0.25) is 5.88 Å². The maximum atomic E-state index is 6.10. The van der Waals surface area contributed by atoms with Crippen molar-refractivity contribution in [2.24, 2.45) is 5.92 Å². The summed E-state index contributed by atoms with van der Waals surface area (Å²) >= 11 is 6.06. The number of halogens is 1. The molecule has 0 saturated heterocycles. The molecule has 130 valence electrons. The molecule has 1 N–H and O–H groups in total. The van der Waals surface area contributed by atoms with E-state index in [1.807, 2.05) is 37.4 Å². The molecule has 1 aliphatic carbocycles. The molecule has 1 atom stereocenters. The number of rotatable bonds is 7. The fourth-order valence-corrected chi connectivity index (χ4v) is 3.73. The topological polar surface area (TPSA) is 39.1 Å². The molecule has 3 rings (SSSR count). The highest BCUT2D eigenvalue weighted by Crippen LogP contribution is 2.36. The number of hydrogen-bond acceptors (Lipinski definition) is 3. The summed E-state index contributed by atoms with van der Waals surface area (Å²) in [6.07, 6.45) is 5.24. The third-order valence-corrected chi connectivity index (χ3v) is 5.09. The predicted molar refractivity (Wildman–Crippen MR) is 97.4 cm³/mol. The maximum Gasteiger partial charge on any atom is 0.212 e. The third kappa shape index (κ3) is 4.11. The highest BCUT2D eigenvalue weighted by Gasteiger charge is 2.26. The number of ether oxygens (including phenoxy) is 1. The van der Waals surface area contributed by atoms with Gasteiger partial charge < -0.3 is 10.1 Å². The molecule has 0 bridgehead atoms. The Kier molecular flexibility index (Phi) is 5.80. The monoisotopic (exact) mass is 347 g/mol. The van der Waals surface area contributed by atoms with Crippen LogP contribution in [0.3, 0.4) is 0 Å². The average molecular weight is 348 g/mol. The van der Waals surface area contributed by atoms with Crippen molar-refractivity contribution in [3.05, 3.63) is 46.6 Å². The van der Waals surface area contributed by atoms with Crippen LogP contribution in [0.1, 0.15) is 49.9 Å². The predicted octanol–water partition coefficient (Wildman–Crippen LogP) is 4.59. The van der Waals surface area contributed by atoms with Crippen molar-refractivity contribution in [1.82, 2.24) is 15.1 Å². The Morgan fingerprint density at radius 1 is 1.33 bits per heavy atom. The molecule has 0 spiro atoms. The van der Waals surface area contributed by atoms with E-state index in [-0.39, 0.29) is 0 Å². The van der Waals surface area contributed by atoms with Gasteiger partial charge in [-0.2, -0.15) is 5.10 Å². The highest BCUT2D eigenvalue weighted by molar-refractivity contribution is 6.30. The number of aromatic nitrogens is 2. The van der Waals surface area contributed by atoms with Crippen LogP contribution in [0.4, 0.5) is 0 Å². The van der Waals surface area contributed by atoms with Gasteiger partial charge in [-0.05, 0) is 50.4 Å². The Morgan fingerprint density at radius 2 is 2.12 bits per heavy atom. The Bertz CT molecular complexity index is 664. The standard InChI is InChI=1S/C19H26ClN3O/c1-14(16-7-3-4-8-16)23-19(11-18(22-23)12-21-2)24-13-15-6-5-9-17(20)10-15/h5-6,9-11,14,16,21H,3-4,7-8,12-13H2,1-2H3. The molecule has 1 aliphatic rings. The molecule has 1 aromatic carbocycles. The van der Waals surface area contributed by atoms with Gasteiger partial charge in [-0.3, -0.25) is 0 Å². The molecule has 1 saturated carbocycles. The molecule has 1 fully saturated rings. The van der Waals surface area contributed by atoms with Crippen LogP contribution >= 0.6 is 11.6 Å².